The monoisotopic (exact) mass is 370 g/mol. The van der Waals surface area contributed by atoms with E-state index in [1.165, 1.54) is 0 Å². The van der Waals surface area contributed by atoms with Gasteiger partial charge < -0.3 is 20.1 Å². The lowest BCUT2D eigenvalue weighted by atomic mass is 10.1. The number of carbonyl (C=O) groups is 2. The molecule has 6 heteroatoms. The lowest BCUT2D eigenvalue weighted by Crippen LogP contribution is -2.36. The molecule has 27 heavy (non-hydrogen) atoms. The van der Waals surface area contributed by atoms with Crippen LogP contribution in [-0.2, 0) is 16.0 Å². The molecule has 0 aromatic heterocycles. The Morgan fingerprint density at radius 2 is 1.67 bits per heavy atom. The Morgan fingerprint density at radius 3 is 2.37 bits per heavy atom. The summed E-state index contributed by atoms with van der Waals surface area (Å²) in [6.07, 6.45) is 0.579. The Kier molecular flexibility index (Phi) is 7.67. The zero-order chi connectivity index (χ0) is 19.6. The van der Waals surface area contributed by atoms with Crippen LogP contribution in [0.4, 0.5) is 5.69 Å². The van der Waals surface area contributed by atoms with Gasteiger partial charge in [0.1, 0.15) is 0 Å². The predicted octanol–water partition coefficient (Wildman–Crippen LogP) is 3.09. The molecular weight excluding hydrogens is 344 g/mol. The largest absolute Gasteiger partial charge is 0.490 e. The second-order valence-electron chi connectivity index (χ2n) is 5.98. The van der Waals surface area contributed by atoms with E-state index in [0.29, 0.717) is 43.4 Å². The standard InChI is InChI=1S/C21H26N2O4/c1-4-26-18-10-9-16(14-19(18)27-5-2)11-12-22-20(24)21(25)23-17-8-6-7-15(3)13-17/h6-10,13-14H,4-5,11-12H2,1-3H3,(H,22,24)(H,23,25). The molecule has 0 saturated heterocycles. The average molecular weight is 370 g/mol. The molecule has 2 N–H and O–H groups in total. The van der Waals surface area contributed by atoms with Crippen LogP contribution in [0.2, 0.25) is 0 Å². The molecule has 2 amide bonds. The van der Waals surface area contributed by atoms with Crippen LogP contribution in [0, 0.1) is 6.92 Å². The number of hydrogen-bond acceptors (Lipinski definition) is 4. The highest BCUT2D eigenvalue weighted by atomic mass is 16.5. The van der Waals surface area contributed by atoms with Gasteiger partial charge in [-0.1, -0.05) is 18.2 Å². The highest BCUT2D eigenvalue weighted by Gasteiger charge is 2.13. The zero-order valence-electron chi connectivity index (χ0n) is 16.0. The molecule has 0 spiro atoms. The van der Waals surface area contributed by atoms with E-state index in [-0.39, 0.29) is 0 Å². The maximum atomic E-state index is 12.0. The number of carbonyl (C=O) groups excluding carboxylic acids is 2. The van der Waals surface area contributed by atoms with E-state index in [1.807, 2.05) is 51.1 Å². The number of ether oxygens (including phenoxy) is 2. The fourth-order valence-corrected chi connectivity index (χ4v) is 2.56. The van der Waals surface area contributed by atoms with Gasteiger partial charge in [0.15, 0.2) is 11.5 Å². The van der Waals surface area contributed by atoms with Gasteiger partial charge in [-0.2, -0.15) is 0 Å². The second-order valence-corrected chi connectivity index (χ2v) is 5.98. The van der Waals surface area contributed by atoms with E-state index >= 15 is 0 Å². The Morgan fingerprint density at radius 1 is 0.926 bits per heavy atom. The molecule has 0 aliphatic rings. The van der Waals surface area contributed by atoms with Gasteiger partial charge in [-0.15, -0.1) is 0 Å². The summed E-state index contributed by atoms with van der Waals surface area (Å²) in [7, 11) is 0. The number of amides is 2. The van der Waals surface area contributed by atoms with Crippen molar-refractivity contribution in [1.82, 2.24) is 5.32 Å². The summed E-state index contributed by atoms with van der Waals surface area (Å²) < 4.78 is 11.1. The van der Waals surface area contributed by atoms with Crippen molar-refractivity contribution in [2.75, 3.05) is 25.1 Å². The van der Waals surface area contributed by atoms with Crippen molar-refractivity contribution in [3.63, 3.8) is 0 Å². The molecule has 2 aromatic carbocycles. The maximum Gasteiger partial charge on any atom is 0.313 e. The highest BCUT2D eigenvalue weighted by molar-refractivity contribution is 6.39. The minimum atomic E-state index is -0.678. The fourth-order valence-electron chi connectivity index (χ4n) is 2.56. The summed E-state index contributed by atoms with van der Waals surface area (Å²) in [5, 5.41) is 5.23. The minimum absolute atomic E-state index is 0.347. The normalized spacial score (nSPS) is 10.2. The molecule has 0 saturated carbocycles. The fraction of sp³-hybridized carbons (Fsp3) is 0.333. The molecule has 6 nitrogen and oxygen atoms in total. The minimum Gasteiger partial charge on any atom is -0.490 e. The van der Waals surface area contributed by atoms with Gasteiger partial charge in [0, 0.05) is 12.2 Å². The van der Waals surface area contributed by atoms with Gasteiger partial charge in [-0.05, 0) is 62.6 Å². The molecule has 0 bridgehead atoms. The highest BCUT2D eigenvalue weighted by Crippen LogP contribution is 2.28. The molecule has 0 unspecified atom stereocenters. The maximum absolute atomic E-state index is 12.0. The summed E-state index contributed by atoms with van der Waals surface area (Å²) in [6.45, 7) is 7.20. The van der Waals surface area contributed by atoms with Crippen LogP contribution >= 0.6 is 0 Å². The molecule has 0 fully saturated rings. The van der Waals surface area contributed by atoms with Crippen molar-refractivity contribution in [3.8, 4) is 11.5 Å². The Labute approximate surface area is 159 Å². The van der Waals surface area contributed by atoms with Gasteiger partial charge in [-0.25, -0.2) is 0 Å². The summed E-state index contributed by atoms with van der Waals surface area (Å²) in [5.41, 5.74) is 2.60. The van der Waals surface area contributed by atoms with E-state index < -0.39 is 11.8 Å². The van der Waals surface area contributed by atoms with Crippen LogP contribution in [0.25, 0.3) is 0 Å². The molecule has 0 radical (unpaired) electrons. The van der Waals surface area contributed by atoms with Crippen molar-refractivity contribution in [2.45, 2.75) is 27.2 Å². The molecule has 0 atom stereocenters. The summed E-state index contributed by atoms with van der Waals surface area (Å²) in [6, 6.07) is 13.0. The summed E-state index contributed by atoms with van der Waals surface area (Å²) in [4.78, 5) is 23.9. The lowest BCUT2D eigenvalue weighted by Gasteiger charge is -2.12. The first-order valence-corrected chi connectivity index (χ1v) is 9.07. The van der Waals surface area contributed by atoms with Gasteiger partial charge in [0.25, 0.3) is 0 Å². The Bertz CT molecular complexity index is 790. The third kappa shape index (κ3) is 6.33. The third-order valence-corrected chi connectivity index (χ3v) is 3.79. The second kappa shape index (κ2) is 10.2. The van der Waals surface area contributed by atoms with E-state index in [9.17, 15) is 9.59 Å². The van der Waals surface area contributed by atoms with Crippen molar-refractivity contribution < 1.29 is 19.1 Å². The third-order valence-electron chi connectivity index (χ3n) is 3.79. The van der Waals surface area contributed by atoms with Crippen molar-refractivity contribution >= 4 is 17.5 Å². The van der Waals surface area contributed by atoms with Crippen LogP contribution in [0.3, 0.4) is 0 Å². The quantitative estimate of drug-likeness (QED) is 0.700. The van der Waals surface area contributed by atoms with E-state index in [2.05, 4.69) is 10.6 Å². The Balaban J connectivity index is 1.86. The predicted molar refractivity (Wildman–Crippen MR) is 105 cm³/mol. The zero-order valence-corrected chi connectivity index (χ0v) is 16.0. The van der Waals surface area contributed by atoms with E-state index in [1.54, 1.807) is 12.1 Å². The van der Waals surface area contributed by atoms with Crippen molar-refractivity contribution in [1.29, 1.82) is 0 Å². The van der Waals surface area contributed by atoms with Crippen LogP contribution in [-0.4, -0.2) is 31.6 Å². The Hall–Kier alpha value is -3.02. The average Bonchev–Trinajstić information content (AvgIpc) is 2.64. The van der Waals surface area contributed by atoms with Gasteiger partial charge in [0.05, 0.1) is 13.2 Å². The SMILES string of the molecule is CCOc1ccc(CCNC(=O)C(=O)Nc2cccc(C)c2)cc1OCC. The van der Waals surface area contributed by atoms with Crippen LogP contribution in [0.15, 0.2) is 42.5 Å². The number of hydrogen-bond donors (Lipinski definition) is 2. The van der Waals surface area contributed by atoms with Crippen LogP contribution < -0.4 is 20.1 Å². The van der Waals surface area contributed by atoms with E-state index in [0.717, 1.165) is 11.1 Å². The first-order chi connectivity index (χ1) is 13.0. The van der Waals surface area contributed by atoms with Crippen LogP contribution in [0.1, 0.15) is 25.0 Å². The van der Waals surface area contributed by atoms with E-state index in [4.69, 9.17) is 9.47 Å². The number of rotatable bonds is 8. The van der Waals surface area contributed by atoms with Gasteiger partial charge in [-0.3, -0.25) is 9.59 Å². The summed E-state index contributed by atoms with van der Waals surface area (Å²) in [5.74, 6) is 0.0415. The number of nitrogens with one attached hydrogen (secondary N) is 2. The number of aryl methyl sites for hydroxylation is 1. The number of anilines is 1. The molecule has 2 rings (SSSR count). The summed E-state index contributed by atoms with van der Waals surface area (Å²) >= 11 is 0. The van der Waals surface area contributed by atoms with Crippen LogP contribution in [0.5, 0.6) is 11.5 Å². The topological polar surface area (TPSA) is 76.7 Å². The molecular formula is C21H26N2O4. The van der Waals surface area contributed by atoms with Gasteiger partial charge >= 0.3 is 11.8 Å². The molecule has 0 aliphatic carbocycles. The molecule has 0 heterocycles. The molecule has 0 aliphatic heterocycles. The smallest absolute Gasteiger partial charge is 0.313 e. The molecule has 2 aromatic rings. The van der Waals surface area contributed by atoms with Crippen molar-refractivity contribution in [2.24, 2.45) is 0 Å². The first kappa shape index (κ1) is 20.3. The van der Waals surface area contributed by atoms with Crippen molar-refractivity contribution in [3.05, 3.63) is 53.6 Å². The number of benzene rings is 2. The lowest BCUT2D eigenvalue weighted by molar-refractivity contribution is -0.136. The molecule has 144 valence electrons. The van der Waals surface area contributed by atoms with Gasteiger partial charge in [0.2, 0.25) is 0 Å². The first-order valence-electron chi connectivity index (χ1n) is 9.07.